The maximum Gasteiger partial charge on any atom is 0.341 e. The summed E-state index contributed by atoms with van der Waals surface area (Å²) in [6, 6.07) is 13.7. The number of halogens is 1. The molecule has 2 heterocycles. The molecule has 33 heavy (non-hydrogen) atoms. The van der Waals surface area contributed by atoms with E-state index in [1.807, 2.05) is 24.3 Å². The van der Waals surface area contributed by atoms with E-state index in [9.17, 15) is 19.2 Å². The van der Waals surface area contributed by atoms with E-state index in [2.05, 4.69) is 21.2 Å². The van der Waals surface area contributed by atoms with Gasteiger partial charge < -0.3 is 10.1 Å². The van der Waals surface area contributed by atoms with Gasteiger partial charge in [0.25, 0.3) is 5.91 Å². The Morgan fingerprint density at radius 1 is 1.03 bits per heavy atom. The number of hydrogen-bond donors (Lipinski definition) is 1. The van der Waals surface area contributed by atoms with Crippen molar-refractivity contribution in [2.75, 3.05) is 16.8 Å². The molecule has 0 saturated carbocycles. The van der Waals surface area contributed by atoms with Gasteiger partial charge in [-0.1, -0.05) is 28.1 Å². The minimum Gasteiger partial charge on any atom is -0.462 e. The second-order valence-electron chi connectivity index (χ2n) is 7.20. The number of ether oxygens (including phenoxy) is 1. The van der Waals surface area contributed by atoms with Crippen molar-refractivity contribution in [2.24, 2.45) is 0 Å². The highest BCUT2D eigenvalue weighted by Crippen LogP contribution is 2.37. The van der Waals surface area contributed by atoms with Gasteiger partial charge >= 0.3 is 5.97 Å². The number of amides is 3. The standard InChI is InChI=1S/C24H19BrN2O5S/c1-2-32-24(31)21-18(14-3-7-16(25)8-4-14)13-33-23(21)26-22(30)15-5-9-17(10-6-15)27-19(28)11-12-20(27)29/h3-10,13H,2,11-12H2,1H3,(H,26,30). The van der Waals surface area contributed by atoms with Crippen molar-refractivity contribution in [3.05, 3.63) is 69.5 Å². The summed E-state index contributed by atoms with van der Waals surface area (Å²) < 4.78 is 6.14. The quantitative estimate of drug-likeness (QED) is 0.349. The van der Waals surface area contributed by atoms with Crippen molar-refractivity contribution >= 4 is 61.6 Å². The molecule has 1 saturated heterocycles. The zero-order valence-corrected chi connectivity index (χ0v) is 20.0. The molecular weight excluding hydrogens is 508 g/mol. The Morgan fingerprint density at radius 2 is 1.67 bits per heavy atom. The molecule has 9 heteroatoms. The SMILES string of the molecule is CCOC(=O)c1c(-c2ccc(Br)cc2)csc1NC(=O)c1ccc(N2C(=O)CCC2=O)cc1. The van der Waals surface area contributed by atoms with E-state index in [1.165, 1.54) is 23.5 Å². The highest BCUT2D eigenvalue weighted by atomic mass is 79.9. The number of rotatable bonds is 6. The van der Waals surface area contributed by atoms with Gasteiger partial charge in [-0.05, 0) is 48.9 Å². The van der Waals surface area contributed by atoms with Gasteiger partial charge in [0.15, 0.2) is 0 Å². The molecule has 3 aromatic rings. The topological polar surface area (TPSA) is 92.8 Å². The summed E-state index contributed by atoms with van der Waals surface area (Å²) in [6.07, 6.45) is 0.383. The van der Waals surface area contributed by atoms with E-state index in [0.29, 0.717) is 27.4 Å². The van der Waals surface area contributed by atoms with Crippen LogP contribution in [0.3, 0.4) is 0 Å². The summed E-state index contributed by atoms with van der Waals surface area (Å²) in [5.41, 5.74) is 2.54. The van der Waals surface area contributed by atoms with Crippen LogP contribution in [0.25, 0.3) is 11.1 Å². The maximum absolute atomic E-state index is 12.9. The molecule has 0 bridgehead atoms. The van der Waals surface area contributed by atoms with Crippen molar-refractivity contribution in [1.29, 1.82) is 0 Å². The Labute approximate surface area is 202 Å². The number of nitrogens with one attached hydrogen (secondary N) is 1. The molecule has 0 spiro atoms. The van der Waals surface area contributed by atoms with Crippen LogP contribution in [-0.2, 0) is 14.3 Å². The Morgan fingerprint density at radius 3 is 2.27 bits per heavy atom. The minimum absolute atomic E-state index is 0.191. The summed E-state index contributed by atoms with van der Waals surface area (Å²) in [6.45, 7) is 1.93. The van der Waals surface area contributed by atoms with Gasteiger partial charge in [-0.25, -0.2) is 4.79 Å². The first-order chi connectivity index (χ1) is 15.9. The van der Waals surface area contributed by atoms with Crippen molar-refractivity contribution in [1.82, 2.24) is 0 Å². The van der Waals surface area contributed by atoms with Crippen LogP contribution >= 0.6 is 27.3 Å². The first kappa shape index (κ1) is 22.9. The number of hydrogen-bond acceptors (Lipinski definition) is 6. The Hall–Kier alpha value is -3.30. The number of anilines is 2. The predicted molar refractivity (Wildman–Crippen MR) is 130 cm³/mol. The molecule has 1 aliphatic heterocycles. The molecule has 1 aliphatic rings. The van der Waals surface area contributed by atoms with Crippen LogP contribution in [0.15, 0.2) is 58.4 Å². The third kappa shape index (κ3) is 4.74. The maximum atomic E-state index is 12.9. The van der Waals surface area contributed by atoms with Crippen LogP contribution < -0.4 is 10.2 Å². The van der Waals surface area contributed by atoms with Crippen molar-refractivity contribution < 1.29 is 23.9 Å². The third-order valence-corrected chi connectivity index (χ3v) is 6.52. The van der Waals surface area contributed by atoms with Gasteiger partial charge in [-0.3, -0.25) is 19.3 Å². The largest absolute Gasteiger partial charge is 0.462 e. The lowest BCUT2D eigenvalue weighted by molar-refractivity contribution is -0.121. The van der Waals surface area contributed by atoms with Crippen LogP contribution in [0, 0.1) is 0 Å². The fourth-order valence-electron chi connectivity index (χ4n) is 3.50. The molecule has 168 valence electrons. The van der Waals surface area contributed by atoms with E-state index in [1.54, 1.807) is 24.4 Å². The first-order valence-electron chi connectivity index (χ1n) is 10.2. The van der Waals surface area contributed by atoms with E-state index < -0.39 is 11.9 Å². The van der Waals surface area contributed by atoms with Gasteiger partial charge in [0.05, 0.1) is 12.3 Å². The summed E-state index contributed by atoms with van der Waals surface area (Å²) in [5.74, 6) is -1.45. The number of carbonyl (C=O) groups excluding carboxylic acids is 4. The average Bonchev–Trinajstić information content (AvgIpc) is 3.37. The molecule has 0 aliphatic carbocycles. The van der Waals surface area contributed by atoms with Crippen LogP contribution in [0.2, 0.25) is 0 Å². The minimum atomic E-state index is -0.520. The number of nitrogens with zero attached hydrogens (tertiary/aromatic N) is 1. The molecular formula is C24H19BrN2O5S. The van der Waals surface area contributed by atoms with E-state index >= 15 is 0 Å². The normalized spacial score (nSPS) is 13.3. The molecule has 3 amide bonds. The first-order valence-corrected chi connectivity index (χ1v) is 11.9. The zero-order valence-electron chi connectivity index (χ0n) is 17.6. The van der Waals surface area contributed by atoms with Crippen LogP contribution in [0.5, 0.6) is 0 Å². The fourth-order valence-corrected chi connectivity index (χ4v) is 4.72. The molecule has 1 fully saturated rings. The van der Waals surface area contributed by atoms with Crippen LogP contribution in [0.4, 0.5) is 10.7 Å². The predicted octanol–water partition coefficient (Wildman–Crippen LogP) is 5.26. The monoisotopic (exact) mass is 526 g/mol. The van der Waals surface area contributed by atoms with Gasteiger partial charge in [-0.2, -0.15) is 0 Å². The molecule has 7 nitrogen and oxygen atoms in total. The number of esters is 1. The van der Waals surface area contributed by atoms with E-state index in [-0.39, 0.29) is 31.3 Å². The summed E-state index contributed by atoms with van der Waals surface area (Å²) >= 11 is 4.64. The lowest BCUT2D eigenvalue weighted by Gasteiger charge is -2.14. The average molecular weight is 527 g/mol. The lowest BCUT2D eigenvalue weighted by Crippen LogP contribution is -2.28. The van der Waals surface area contributed by atoms with E-state index in [0.717, 1.165) is 14.9 Å². The molecule has 0 radical (unpaired) electrons. The lowest BCUT2D eigenvalue weighted by atomic mass is 10.0. The van der Waals surface area contributed by atoms with Crippen molar-refractivity contribution in [3.8, 4) is 11.1 Å². The summed E-state index contributed by atoms with van der Waals surface area (Å²) in [7, 11) is 0. The van der Waals surface area contributed by atoms with Gasteiger partial charge in [-0.15, -0.1) is 11.3 Å². The van der Waals surface area contributed by atoms with Crippen molar-refractivity contribution in [3.63, 3.8) is 0 Å². The highest BCUT2D eigenvalue weighted by molar-refractivity contribution is 9.10. The fraction of sp³-hybridized carbons (Fsp3) is 0.167. The second-order valence-corrected chi connectivity index (χ2v) is 9.00. The molecule has 2 aromatic carbocycles. The van der Waals surface area contributed by atoms with Crippen LogP contribution in [0.1, 0.15) is 40.5 Å². The van der Waals surface area contributed by atoms with Crippen molar-refractivity contribution in [2.45, 2.75) is 19.8 Å². The Balaban J connectivity index is 1.60. The summed E-state index contributed by atoms with van der Waals surface area (Å²) in [5, 5.41) is 4.98. The Kier molecular flexibility index (Phi) is 6.71. The smallest absolute Gasteiger partial charge is 0.341 e. The molecule has 1 N–H and O–H groups in total. The third-order valence-electron chi connectivity index (χ3n) is 5.09. The van der Waals surface area contributed by atoms with Gasteiger partial charge in [0.1, 0.15) is 10.6 Å². The zero-order chi connectivity index (χ0) is 23.5. The number of thiophene rings is 1. The molecule has 0 unspecified atom stereocenters. The van der Waals surface area contributed by atoms with E-state index in [4.69, 9.17) is 4.74 Å². The number of benzene rings is 2. The van der Waals surface area contributed by atoms with Crippen LogP contribution in [-0.4, -0.2) is 30.3 Å². The molecule has 4 rings (SSSR count). The van der Waals surface area contributed by atoms with Gasteiger partial charge in [0, 0.05) is 33.8 Å². The number of carbonyl (C=O) groups is 4. The molecule has 1 aromatic heterocycles. The Bertz CT molecular complexity index is 1220. The molecule has 0 atom stereocenters. The van der Waals surface area contributed by atoms with Gasteiger partial charge in [0.2, 0.25) is 11.8 Å². The number of imide groups is 1. The second kappa shape index (κ2) is 9.68. The summed E-state index contributed by atoms with van der Waals surface area (Å²) in [4.78, 5) is 50.6. The highest BCUT2D eigenvalue weighted by Gasteiger charge is 2.30.